The van der Waals surface area contributed by atoms with Gasteiger partial charge in [-0.25, -0.2) is 9.36 Å². The second-order valence-corrected chi connectivity index (χ2v) is 15.2. The molecule has 11 heteroatoms. The predicted octanol–water partition coefficient (Wildman–Crippen LogP) is 6.37. The highest BCUT2D eigenvalue weighted by atomic mass is 31.2. The van der Waals surface area contributed by atoms with Gasteiger partial charge in [-0.05, 0) is 69.2 Å². The van der Waals surface area contributed by atoms with Gasteiger partial charge >= 0.3 is 13.7 Å². The van der Waals surface area contributed by atoms with Gasteiger partial charge in [-0.15, -0.1) is 0 Å². The van der Waals surface area contributed by atoms with Crippen LogP contribution in [-0.4, -0.2) is 52.8 Å². The maximum Gasteiger partial charge on any atom is 0.453 e. The van der Waals surface area contributed by atoms with Gasteiger partial charge in [0, 0.05) is 6.54 Å². The molecule has 2 N–H and O–H groups in total. The van der Waals surface area contributed by atoms with E-state index in [1.165, 1.54) is 4.90 Å². The van der Waals surface area contributed by atoms with Gasteiger partial charge in [0.05, 0.1) is 0 Å². The molecule has 1 heterocycles. The normalized spacial score (nSPS) is 17.1. The molecule has 3 rings (SSSR count). The Balaban J connectivity index is 1.87. The molecule has 43 heavy (non-hydrogen) atoms. The zero-order valence-electron chi connectivity index (χ0n) is 26.5. The molecule has 3 atom stereocenters. The van der Waals surface area contributed by atoms with Crippen molar-refractivity contribution in [1.82, 2.24) is 15.5 Å². The van der Waals surface area contributed by atoms with E-state index in [1.807, 2.05) is 46.8 Å². The molecule has 0 aromatic heterocycles. The second kappa shape index (κ2) is 13.8. The van der Waals surface area contributed by atoms with Gasteiger partial charge in [-0.3, -0.25) is 9.59 Å². The van der Waals surface area contributed by atoms with Crippen LogP contribution in [0.5, 0.6) is 11.5 Å². The first-order valence-corrected chi connectivity index (χ1v) is 16.3. The zero-order valence-corrected chi connectivity index (χ0v) is 27.4. The first kappa shape index (κ1) is 34.0. The van der Waals surface area contributed by atoms with Crippen LogP contribution >= 0.6 is 7.60 Å². The summed E-state index contributed by atoms with van der Waals surface area (Å²) in [5.41, 5.74) is -1.41. The third kappa shape index (κ3) is 9.48. The highest BCUT2D eigenvalue weighted by Gasteiger charge is 2.47. The molecule has 1 unspecified atom stereocenters. The summed E-state index contributed by atoms with van der Waals surface area (Å²) in [4.78, 5) is 41.9. The summed E-state index contributed by atoms with van der Waals surface area (Å²) < 4.78 is 32.0. The van der Waals surface area contributed by atoms with E-state index in [9.17, 15) is 18.9 Å². The van der Waals surface area contributed by atoms with Crippen LogP contribution < -0.4 is 19.7 Å². The zero-order chi connectivity index (χ0) is 32.0. The summed E-state index contributed by atoms with van der Waals surface area (Å²) in [5, 5.41) is 5.63. The molecule has 1 fully saturated rings. The lowest BCUT2D eigenvalue weighted by molar-refractivity contribution is -0.142. The Hall–Kier alpha value is -3.52. The monoisotopic (exact) mass is 615 g/mol. The van der Waals surface area contributed by atoms with Crippen LogP contribution in [0.1, 0.15) is 68.2 Å². The van der Waals surface area contributed by atoms with E-state index >= 15 is 0 Å². The first-order valence-electron chi connectivity index (χ1n) is 14.7. The van der Waals surface area contributed by atoms with Gasteiger partial charge < -0.3 is 29.3 Å². The highest BCUT2D eigenvalue weighted by Crippen LogP contribution is 2.54. The van der Waals surface area contributed by atoms with E-state index < -0.39 is 48.5 Å². The Morgan fingerprint density at radius 1 is 0.860 bits per heavy atom. The van der Waals surface area contributed by atoms with Crippen molar-refractivity contribution in [2.24, 2.45) is 11.3 Å². The minimum absolute atomic E-state index is 0.334. The van der Waals surface area contributed by atoms with Gasteiger partial charge in [0.1, 0.15) is 29.2 Å². The molecule has 1 saturated heterocycles. The van der Waals surface area contributed by atoms with E-state index in [1.54, 1.807) is 69.3 Å². The lowest BCUT2D eigenvalue weighted by Crippen LogP contribution is -2.58. The van der Waals surface area contributed by atoms with Crippen LogP contribution in [0.4, 0.5) is 4.79 Å². The highest BCUT2D eigenvalue weighted by molar-refractivity contribution is 7.55. The molecule has 10 nitrogen and oxygen atoms in total. The standard InChI is InChI=1S/C32H46N3O7P/c1-22(2)28(43(39,41-23-16-11-9-12-17-23)42-24-18-13-10-14-19-24)34-27(36)25-20-15-21-35(25)29(37)26(31(3,4)5)33-30(38)40-32(6,7)8/h9-14,16-19,22,25-26,28H,15,20-21H2,1-8H3,(H,33,38)(H,34,36)/t25-,26+,28?/m0/s1. The molecular weight excluding hydrogens is 569 g/mol. The number of benzene rings is 2. The number of nitrogens with one attached hydrogen (secondary N) is 2. The maximum atomic E-state index is 14.5. The molecule has 0 saturated carbocycles. The van der Waals surface area contributed by atoms with Crippen molar-refractivity contribution in [3.8, 4) is 11.5 Å². The topological polar surface area (TPSA) is 123 Å². The summed E-state index contributed by atoms with van der Waals surface area (Å²) in [5.74, 6) is -1.58. The number of carbonyl (C=O) groups excluding carboxylic acids is 3. The number of likely N-dealkylation sites (tertiary alicyclic amines) is 1. The lowest BCUT2D eigenvalue weighted by Gasteiger charge is -2.36. The predicted molar refractivity (Wildman–Crippen MR) is 166 cm³/mol. The molecule has 0 bridgehead atoms. The number of carbonyl (C=O) groups is 3. The maximum absolute atomic E-state index is 14.5. The summed E-state index contributed by atoms with van der Waals surface area (Å²) in [6, 6.07) is 15.5. The first-order chi connectivity index (χ1) is 20.0. The van der Waals surface area contributed by atoms with Crippen LogP contribution in [0.25, 0.3) is 0 Å². The van der Waals surface area contributed by atoms with E-state index in [0.717, 1.165) is 0 Å². The molecule has 2 aromatic carbocycles. The molecule has 2 aromatic rings. The molecule has 0 radical (unpaired) electrons. The van der Waals surface area contributed by atoms with Gasteiger partial charge in [0.25, 0.3) is 0 Å². The molecule has 0 aliphatic carbocycles. The summed E-state index contributed by atoms with van der Waals surface area (Å²) in [6.45, 7) is 14.7. The average molecular weight is 616 g/mol. The Kier molecular flexibility index (Phi) is 10.9. The van der Waals surface area contributed by atoms with Crippen molar-refractivity contribution in [1.29, 1.82) is 0 Å². The third-order valence-electron chi connectivity index (χ3n) is 6.83. The fraction of sp³-hybridized carbons (Fsp3) is 0.531. The van der Waals surface area contributed by atoms with Crippen molar-refractivity contribution < 1.29 is 32.7 Å². The summed E-state index contributed by atoms with van der Waals surface area (Å²) in [6.07, 6.45) is 0.297. The number of para-hydroxylation sites is 2. The molecule has 1 aliphatic heterocycles. The number of hydrogen-bond acceptors (Lipinski definition) is 7. The molecular formula is C32H46N3O7P. The molecule has 3 amide bonds. The Morgan fingerprint density at radius 2 is 1.37 bits per heavy atom. The second-order valence-electron chi connectivity index (χ2n) is 13.2. The van der Waals surface area contributed by atoms with Crippen molar-refractivity contribution in [3.05, 3.63) is 60.7 Å². The average Bonchev–Trinajstić information content (AvgIpc) is 3.39. The van der Waals surface area contributed by atoms with E-state index in [0.29, 0.717) is 30.9 Å². The van der Waals surface area contributed by atoms with Crippen molar-refractivity contribution >= 4 is 25.5 Å². The number of rotatable bonds is 10. The molecule has 1 aliphatic rings. The fourth-order valence-electron chi connectivity index (χ4n) is 4.78. The van der Waals surface area contributed by atoms with Crippen molar-refractivity contribution in [2.75, 3.05) is 6.54 Å². The Bertz CT molecular complexity index is 1240. The largest absolute Gasteiger partial charge is 0.453 e. The minimum atomic E-state index is -4.06. The fourth-order valence-corrected chi connectivity index (χ4v) is 6.90. The van der Waals surface area contributed by atoms with E-state index in [-0.39, 0.29) is 11.8 Å². The van der Waals surface area contributed by atoms with Gasteiger partial charge in [0.2, 0.25) is 11.8 Å². The van der Waals surface area contributed by atoms with Crippen molar-refractivity contribution in [2.45, 2.75) is 91.7 Å². The molecule has 236 valence electrons. The Morgan fingerprint density at radius 3 is 1.81 bits per heavy atom. The SMILES string of the molecule is CC(C)C(NC(=O)[C@@H]1CCCN1C(=O)[C@@H](NC(=O)OC(C)(C)C)C(C)(C)C)P(=O)(Oc1ccccc1)Oc1ccccc1. The van der Waals surface area contributed by atoms with Crippen LogP contribution in [0.2, 0.25) is 0 Å². The van der Waals surface area contributed by atoms with Gasteiger partial charge in [0.15, 0.2) is 5.78 Å². The lowest BCUT2D eigenvalue weighted by atomic mass is 9.85. The number of hydrogen-bond donors (Lipinski definition) is 2. The van der Waals surface area contributed by atoms with Crippen LogP contribution in [0, 0.1) is 11.3 Å². The summed E-state index contributed by atoms with van der Waals surface area (Å²) in [7, 11) is -4.06. The van der Waals surface area contributed by atoms with Crippen molar-refractivity contribution in [3.63, 3.8) is 0 Å². The van der Waals surface area contributed by atoms with Crippen LogP contribution in [0.3, 0.4) is 0 Å². The van der Waals surface area contributed by atoms with Crippen LogP contribution in [-0.2, 0) is 18.9 Å². The number of ether oxygens (including phenoxy) is 1. The minimum Gasteiger partial charge on any atom is -0.444 e. The van der Waals surface area contributed by atoms with E-state index in [4.69, 9.17) is 13.8 Å². The molecule has 0 spiro atoms. The number of alkyl carbamates (subject to hydrolysis) is 1. The number of amides is 3. The van der Waals surface area contributed by atoms with Gasteiger partial charge in [-0.2, -0.15) is 0 Å². The quantitative estimate of drug-likeness (QED) is 0.298. The smallest absolute Gasteiger partial charge is 0.444 e. The van der Waals surface area contributed by atoms with Gasteiger partial charge in [-0.1, -0.05) is 71.0 Å². The van der Waals surface area contributed by atoms with E-state index in [2.05, 4.69) is 10.6 Å². The third-order valence-corrected chi connectivity index (χ3v) is 9.16. The van der Waals surface area contributed by atoms with Crippen LogP contribution in [0.15, 0.2) is 60.7 Å². The number of nitrogens with zero attached hydrogens (tertiary/aromatic N) is 1. The Labute approximate surface area is 255 Å². The summed E-state index contributed by atoms with van der Waals surface area (Å²) >= 11 is 0.